The van der Waals surface area contributed by atoms with E-state index >= 15 is 0 Å². The summed E-state index contributed by atoms with van der Waals surface area (Å²) in [7, 11) is 0. The van der Waals surface area contributed by atoms with E-state index in [0.29, 0.717) is 18.8 Å². The van der Waals surface area contributed by atoms with E-state index in [1.54, 1.807) is 0 Å². The summed E-state index contributed by atoms with van der Waals surface area (Å²) < 4.78 is 22.1. The number of hydrogen-bond donors (Lipinski definition) is 0. The molecule has 0 saturated heterocycles. The lowest BCUT2D eigenvalue weighted by molar-refractivity contribution is -0.150. The van der Waals surface area contributed by atoms with Gasteiger partial charge in [-0.1, -0.05) is 168 Å². The van der Waals surface area contributed by atoms with Crippen molar-refractivity contribution in [2.45, 2.75) is 214 Å². The molecule has 0 aromatic rings. The molecule has 0 heterocycles. The number of carbonyl (C=O) groups is 3. The van der Waals surface area contributed by atoms with Crippen LogP contribution in [0.1, 0.15) is 214 Å². The summed E-state index contributed by atoms with van der Waals surface area (Å²) in [5.41, 5.74) is 0. The van der Waals surface area contributed by atoms with E-state index in [0.717, 1.165) is 90.3 Å². The molecule has 0 aliphatic heterocycles. The quantitative estimate of drug-likeness (QED) is 0.0261. The Morgan fingerprint density at radius 1 is 0.474 bits per heavy atom. The van der Waals surface area contributed by atoms with E-state index in [4.69, 9.17) is 18.9 Å². The van der Waals surface area contributed by atoms with E-state index in [2.05, 4.69) is 63.8 Å². The molecule has 0 aromatic heterocycles. The molecule has 0 aliphatic carbocycles. The highest BCUT2D eigenvalue weighted by atomic mass is 16.7. The minimum Gasteiger partial charge on any atom is -0.465 e. The lowest BCUT2D eigenvalue weighted by atomic mass is 9.91. The Kier molecular flexibility index (Phi) is 41.5. The molecule has 0 N–H and O–H groups in total. The van der Waals surface area contributed by atoms with Gasteiger partial charge >= 0.3 is 18.1 Å². The van der Waals surface area contributed by atoms with Crippen LogP contribution in [0.3, 0.4) is 0 Å². The summed E-state index contributed by atoms with van der Waals surface area (Å²) in [5.74, 6) is -0.634. The molecule has 0 fully saturated rings. The normalized spacial score (nSPS) is 12.3. The largest absolute Gasteiger partial charge is 0.508 e. The van der Waals surface area contributed by atoms with Gasteiger partial charge in [-0.2, -0.15) is 0 Å². The third kappa shape index (κ3) is 38.9. The Balaban J connectivity index is 4.84. The molecule has 1 unspecified atom stereocenters. The monoisotopic (exact) mass is 806 g/mol. The van der Waals surface area contributed by atoms with E-state index < -0.39 is 12.1 Å². The summed E-state index contributed by atoms with van der Waals surface area (Å²) in [5, 5.41) is 0. The third-order valence-corrected chi connectivity index (χ3v) is 10.8. The highest BCUT2D eigenvalue weighted by Crippen LogP contribution is 2.23. The molecule has 0 radical (unpaired) electrons. The zero-order valence-corrected chi connectivity index (χ0v) is 38.0. The number of unbranched alkanes of at least 4 members (excludes halogenated alkanes) is 18. The van der Waals surface area contributed by atoms with Crippen molar-refractivity contribution in [1.29, 1.82) is 0 Å². The van der Waals surface area contributed by atoms with Crippen molar-refractivity contribution in [3.05, 3.63) is 24.3 Å². The van der Waals surface area contributed by atoms with Gasteiger partial charge in [-0.15, -0.1) is 0 Å². The number of hydrogen-bond acceptors (Lipinski definition) is 8. The van der Waals surface area contributed by atoms with Gasteiger partial charge in [0.1, 0.15) is 19.8 Å². The van der Waals surface area contributed by atoms with Crippen molar-refractivity contribution in [2.24, 2.45) is 11.8 Å². The number of carbonyl (C=O) groups excluding carboxylic acids is 3. The molecule has 334 valence electrons. The van der Waals surface area contributed by atoms with Crippen molar-refractivity contribution in [2.75, 3.05) is 46.1 Å². The van der Waals surface area contributed by atoms with Crippen molar-refractivity contribution in [3.63, 3.8) is 0 Å². The van der Waals surface area contributed by atoms with Gasteiger partial charge < -0.3 is 23.8 Å². The molecular weight excluding hydrogens is 715 g/mol. The van der Waals surface area contributed by atoms with E-state index in [9.17, 15) is 14.4 Å². The van der Waals surface area contributed by atoms with Crippen LogP contribution in [0.4, 0.5) is 4.79 Å². The van der Waals surface area contributed by atoms with Crippen LogP contribution in [0.15, 0.2) is 24.3 Å². The fourth-order valence-electron chi connectivity index (χ4n) is 7.00. The first-order chi connectivity index (χ1) is 27.9. The average Bonchev–Trinajstić information content (AvgIpc) is 3.21. The van der Waals surface area contributed by atoms with Gasteiger partial charge in [0.15, 0.2) is 0 Å². The van der Waals surface area contributed by atoms with Crippen LogP contribution in [0.2, 0.25) is 0 Å². The summed E-state index contributed by atoms with van der Waals surface area (Å²) in [6, 6.07) is 0. The van der Waals surface area contributed by atoms with Gasteiger partial charge in [-0.3, -0.25) is 9.59 Å². The predicted octanol–water partition coefficient (Wildman–Crippen LogP) is 13.9. The summed E-state index contributed by atoms with van der Waals surface area (Å²) in [6.45, 7) is 14.0. The van der Waals surface area contributed by atoms with Crippen molar-refractivity contribution in [1.82, 2.24) is 4.90 Å². The molecule has 0 amide bonds. The van der Waals surface area contributed by atoms with Crippen LogP contribution in [0, 0.1) is 11.8 Å². The van der Waals surface area contributed by atoms with Gasteiger partial charge in [0.05, 0.1) is 12.5 Å². The van der Waals surface area contributed by atoms with Gasteiger partial charge in [-0.05, 0) is 76.8 Å². The molecule has 57 heavy (non-hydrogen) atoms. The minimum absolute atomic E-state index is 0.0283. The second kappa shape index (κ2) is 43.2. The number of rotatable bonds is 42. The molecule has 0 spiro atoms. The second-order valence-electron chi connectivity index (χ2n) is 16.2. The van der Waals surface area contributed by atoms with Crippen LogP contribution in [0.25, 0.3) is 0 Å². The fraction of sp³-hybridized carbons (Fsp3) is 0.857. The van der Waals surface area contributed by atoms with Crippen molar-refractivity contribution >= 4 is 18.1 Å². The van der Waals surface area contributed by atoms with Crippen LogP contribution in [-0.4, -0.2) is 69.1 Å². The summed E-state index contributed by atoms with van der Waals surface area (Å²) >= 11 is 0. The second-order valence-corrected chi connectivity index (χ2v) is 16.2. The summed E-state index contributed by atoms with van der Waals surface area (Å²) in [4.78, 5) is 40.5. The average molecular weight is 806 g/mol. The SMILES string of the molecule is CCCCC/C=C\C/C=C\CCCCCCCC(=O)OCC(COC(=O)CC(CCCCCCCC)CCCCCCCC)COC(=O)OCCCN(CC)CC. The summed E-state index contributed by atoms with van der Waals surface area (Å²) in [6.07, 6.45) is 39.2. The Bertz CT molecular complexity index is 947. The Hall–Kier alpha value is -2.35. The number of allylic oxidation sites excluding steroid dienone is 4. The van der Waals surface area contributed by atoms with Gasteiger partial charge in [0.25, 0.3) is 0 Å². The first kappa shape index (κ1) is 54.6. The standard InChI is InChI=1S/C49H91NO7/c1-6-11-14-17-20-21-22-23-24-25-26-27-28-31-34-38-47(51)55-42-46(44-57-49(53)54-40-35-39-50(9-4)10-5)43-56-48(52)41-45(36-32-29-18-15-12-7-2)37-33-30-19-16-13-8-3/h20-21,23-24,45-46H,6-19,22,25-44H2,1-5H3/b21-20-,24-23-. The van der Waals surface area contributed by atoms with E-state index in [1.807, 2.05) is 0 Å². The first-order valence-corrected chi connectivity index (χ1v) is 24.0. The molecule has 8 heteroatoms. The highest BCUT2D eigenvalue weighted by molar-refractivity contribution is 5.70. The van der Waals surface area contributed by atoms with E-state index in [-0.39, 0.29) is 38.4 Å². The topological polar surface area (TPSA) is 91.4 Å². The van der Waals surface area contributed by atoms with Crippen LogP contribution in [0.5, 0.6) is 0 Å². The smallest absolute Gasteiger partial charge is 0.465 e. The van der Waals surface area contributed by atoms with Crippen LogP contribution in [-0.2, 0) is 28.5 Å². The lowest BCUT2D eigenvalue weighted by Gasteiger charge is -2.20. The maximum absolute atomic E-state index is 13.2. The number of nitrogens with zero attached hydrogens (tertiary/aromatic N) is 1. The highest BCUT2D eigenvalue weighted by Gasteiger charge is 2.20. The third-order valence-electron chi connectivity index (χ3n) is 10.8. The van der Waals surface area contributed by atoms with E-state index in [1.165, 1.54) is 96.3 Å². The molecular formula is C49H91NO7. The van der Waals surface area contributed by atoms with Gasteiger partial charge in [-0.25, -0.2) is 4.79 Å². The molecule has 0 bridgehead atoms. The first-order valence-electron chi connectivity index (χ1n) is 24.0. The fourth-order valence-corrected chi connectivity index (χ4v) is 7.00. The maximum Gasteiger partial charge on any atom is 0.508 e. The zero-order chi connectivity index (χ0) is 41.9. The number of ether oxygens (including phenoxy) is 4. The number of esters is 2. The Morgan fingerprint density at radius 3 is 1.53 bits per heavy atom. The van der Waals surface area contributed by atoms with Crippen molar-refractivity contribution in [3.8, 4) is 0 Å². The molecule has 1 atom stereocenters. The van der Waals surface area contributed by atoms with Crippen LogP contribution < -0.4 is 0 Å². The zero-order valence-electron chi connectivity index (χ0n) is 38.0. The Morgan fingerprint density at radius 2 is 0.947 bits per heavy atom. The molecule has 0 rings (SSSR count). The van der Waals surface area contributed by atoms with Gasteiger partial charge in [0.2, 0.25) is 0 Å². The maximum atomic E-state index is 13.2. The lowest BCUT2D eigenvalue weighted by Crippen LogP contribution is -2.27. The molecule has 0 aliphatic rings. The molecule has 8 nitrogen and oxygen atoms in total. The van der Waals surface area contributed by atoms with Gasteiger partial charge in [0, 0.05) is 19.4 Å². The van der Waals surface area contributed by atoms with Crippen LogP contribution >= 0.6 is 0 Å². The van der Waals surface area contributed by atoms with Crippen molar-refractivity contribution < 1.29 is 33.3 Å². The Labute approximate surface area is 352 Å². The molecule has 0 saturated carbocycles. The predicted molar refractivity (Wildman–Crippen MR) is 239 cm³/mol. The molecule has 0 aromatic carbocycles. The minimum atomic E-state index is -0.750.